The molecule has 6 nitrogen and oxygen atoms in total. The summed E-state index contributed by atoms with van der Waals surface area (Å²) in [5.74, 6) is 0.502. The first-order valence-corrected chi connectivity index (χ1v) is 6.45. The number of amidine groups is 1. The fourth-order valence-electron chi connectivity index (χ4n) is 1.86. The highest BCUT2D eigenvalue weighted by molar-refractivity contribution is 5.93. The van der Waals surface area contributed by atoms with Crippen LogP contribution in [0, 0.1) is 12.3 Å². The van der Waals surface area contributed by atoms with Gasteiger partial charge in [0.15, 0.2) is 0 Å². The van der Waals surface area contributed by atoms with E-state index in [4.69, 9.17) is 11.1 Å². The fraction of sp³-hybridized carbons (Fsp3) is 0.286. The minimum absolute atomic E-state index is 0.0571. The molecular formula is C14H18N6. The Balaban J connectivity index is 2.24. The zero-order valence-electron chi connectivity index (χ0n) is 11.7. The highest BCUT2D eigenvalue weighted by atomic mass is 15.2. The van der Waals surface area contributed by atoms with Crippen molar-refractivity contribution in [1.82, 2.24) is 15.0 Å². The highest BCUT2D eigenvalue weighted by Crippen LogP contribution is 2.11. The van der Waals surface area contributed by atoms with Crippen LogP contribution in [0.25, 0.3) is 0 Å². The van der Waals surface area contributed by atoms with Gasteiger partial charge in [0.2, 0.25) is 5.95 Å². The zero-order chi connectivity index (χ0) is 14.5. The molecular weight excluding hydrogens is 252 g/mol. The van der Waals surface area contributed by atoms with Crippen molar-refractivity contribution in [3.63, 3.8) is 0 Å². The van der Waals surface area contributed by atoms with Crippen molar-refractivity contribution in [2.75, 3.05) is 11.4 Å². The van der Waals surface area contributed by atoms with Gasteiger partial charge in [0, 0.05) is 18.4 Å². The van der Waals surface area contributed by atoms with Gasteiger partial charge >= 0.3 is 0 Å². The van der Waals surface area contributed by atoms with Crippen LogP contribution in [0.15, 0.2) is 30.5 Å². The van der Waals surface area contributed by atoms with Gasteiger partial charge in [0.25, 0.3) is 0 Å². The van der Waals surface area contributed by atoms with Crippen LogP contribution < -0.4 is 10.6 Å². The number of hydrogen-bond donors (Lipinski definition) is 2. The molecule has 0 aromatic carbocycles. The molecule has 0 atom stereocenters. The largest absolute Gasteiger partial charge is 0.382 e. The van der Waals surface area contributed by atoms with Crippen LogP contribution in [0.1, 0.15) is 24.0 Å². The van der Waals surface area contributed by atoms with Gasteiger partial charge in [0.05, 0.1) is 12.2 Å². The maximum Gasteiger partial charge on any atom is 0.226 e. The molecule has 2 rings (SSSR count). The molecule has 0 unspecified atom stereocenters. The monoisotopic (exact) mass is 270 g/mol. The second kappa shape index (κ2) is 6.10. The van der Waals surface area contributed by atoms with Crippen molar-refractivity contribution in [2.45, 2.75) is 20.4 Å². The SMILES string of the molecule is CCN(Cc1cccc(C)n1)c1nccc(C(=N)N)n1. The van der Waals surface area contributed by atoms with E-state index in [2.05, 4.69) is 15.0 Å². The summed E-state index contributed by atoms with van der Waals surface area (Å²) in [5.41, 5.74) is 7.84. The minimum atomic E-state index is -0.0571. The number of pyridine rings is 1. The van der Waals surface area contributed by atoms with Gasteiger partial charge < -0.3 is 10.6 Å². The lowest BCUT2D eigenvalue weighted by Crippen LogP contribution is -2.26. The summed E-state index contributed by atoms with van der Waals surface area (Å²) >= 11 is 0. The van der Waals surface area contributed by atoms with Crippen LogP contribution in [-0.4, -0.2) is 27.3 Å². The van der Waals surface area contributed by atoms with E-state index < -0.39 is 0 Å². The predicted octanol–water partition coefficient (Wildman–Crippen LogP) is 1.49. The Morgan fingerprint density at radius 1 is 1.30 bits per heavy atom. The quantitative estimate of drug-likeness (QED) is 0.634. The maximum atomic E-state index is 7.44. The Kier molecular flexibility index (Phi) is 4.24. The third kappa shape index (κ3) is 3.28. The molecule has 3 N–H and O–H groups in total. The van der Waals surface area contributed by atoms with Crippen molar-refractivity contribution < 1.29 is 0 Å². The lowest BCUT2D eigenvalue weighted by Gasteiger charge is -2.20. The van der Waals surface area contributed by atoms with Crippen molar-refractivity contribution in [3.05, 3.63) is 47.5 Å². The molecule has 20 heavy (non-hydrogen) atoms. The van der Waals surface area contributed by atoms with Crippen LogP contribution in [0.4, 0.5) is 5.95 Å². The van der Waals surface area contributed by atoms with E-state index in [1.165, 1.54) is 0 Å². The first-order valence-electron chi connectivity index (χ1n) is 6.45. The van der Waals surface area contributed by atoms with E-state index in [9.17, 15) is 0 Å². The molecule has 0 aliphatic heterocycles. The second-order valence-corrected chi connectivity index (χ2v) is 4.44. The fourth-order valence-corrected chi connectivity index (χ4v) is 1.86. The molecule has 0 bridgehead atoms. The maximum absolute atomic E-state index is 7.44. The molecule has 0 saturated heterocycles. The summed E-state index contributed by atoms with van der Waals surface area (Å²) in [5, 5.41) is 7.44. The Labute approximate surface area is 118 Å². The second-order valence-electron chi connectivity index (χ2n) is 4.44. The molecule has 0 saturated carbocycles. The summed E-state index contributed by atoms with van der Waals surface area (Å²) in [4.78, 5) is 15.0. The summed E-state index contributed by atoms with van der Waals surface area (Å²) in [6.45, 7) is 5.36. The molecule has 6 heteroatoms. The topological polar surface area (TPSA) is 91.8 Å². The van der Waals surface area contributed by atoms with Crippen molar-refractivity contribution in [3.8, 4) is 0 Å². The molecule has 0 fully saturated rings. The third-order valence-corrected chi connectivity index (χ3v) is 2.88. The zero-order valence-corrected chi connectivity index (χ0v) is 11.7. The molecule has 0 aliphatic carbocycles. The number of rotatable bonds is 5. The Morgan fingerprint density at radius 2 is 2.10 bits per heavy atom. The number of nitrogens with two attached hydrogens (primary N) is 1. The van der Waals surface area contributed by atoms with Crippen molar-refractivity contribution >= 4 is 11.8 Å². The van der Waals surface area contributed by atoms with Crippen LogP contribution >= 0.6 is 0 Å². The van der Waals surface area contributed by atoms with E-state index >= 15 is 0 Å². The van der Waals surface area contributed by atoms with E-state index in [0.717, 1.165) is 17.9 Å². The molecule has 0 aliphatic rings. The summed E-state index contributed by atoms with van der Waals surface area (Å²) < 4.78 is 0. The van der Waals surface area contributed by atoms with Gasteiger partial charge in [-0.05, 0) is 32.0 Å². The summed E-state index contributed by atoms with van der Waals surface area (Å²) in [7, 11) is 0. The summed E-state index contributed by atoms with van der Waals surface area (Å²) in [6, 6.07) is 7.56. The molecule has 2 aromatic rings. The van der Waals surface area contributed by atoms with Gasteiger partial charge in [-0.25, -0.2) is 9.97 Å². The van der Waals surface area contributed by atoms with Crippen LogP contribution in [0.5, 0.6) is 0 Å². The Hall–Kier alpha value is -2.50. The normalized spacial score (nSPS) is 10.3. The average Bonchev–Trinajstić information content (AvgIpc) is 2.45. The predicted molar refractivity (Wildman–Crippen MR) is 78.7 cm³/mol. The van der Waals surface area contributed by atoms with Gasteiger partial charge in [-0.1, -0.05) is 6.07 Å². The number of nitrogens with zero attached hydrogens (tertiary/aromatic N) is 4. The number of hydrogen-bond acceptors (Lipinski definition) is 5. The van der Waals surface area contributed by atoms with E-state index in [0.29, 0.717) is 18.2 Å². The highest BCUT2D eigenvalue weighted by Gasteiger charge is 2.10. The first-order chi connectivity index (χ1) is 9.60. The number of nitrogen functional groups attached to an aromatic ring is 1. The average molecular weight is 270 g/mol. The van der Waals surface area contributed by atoms with Crippen LogP contribution in [0.3, 0.4) is 0 Å². The molecule has 104 valence electrons. The van der Waals surface area contributed by atoms with Crippen molar-refractivity contribution in [2.24, 2.45) is 5.73 Å². The molecule has 2 heterocycles. The Bertz CT molecular complexity index is 610. The number of aromatic nitrogens is 3. The first kappa shape index (κ1) is 13.9. The Morgan fingerprint density at radius 3 is 2.75 bits per heavy atom. The lowest BCUT2D eigenvalue weighted by molar-refractivity contribution is 0.770. The number of aryl methyl sites for hydroxylation is 1. The minimum Gasteiger partial charge on any atom is -0.382 e. The molecule has 0 spiro atoms. The van der Waals surface area contributed by atoms with Crippen LogP contribution in [0.2, 0.25) is 0 Å². The van der Waals surface area contributed by atoms with Crippen molar-refractivity contribution in [1.29, 1.82) is 5.41 Å². The standard InChI is InChI=1S/C14H18N6/c1-3-20(9-11-6-4-5-10(2)18-11)14-17-8-7-12(19-14)13(15)16/h4-8H,3,9H2,1-2H3,(H3,15,16). The summed E-state index contributed by atoms with van der Waals surface area (Å²) in [6.07, 6.45) is 1.62. The molecule has 0 amide bonds. The third-order valence-electron chi connectivity index (χ3n) is 2.88. The lowest BCUT2D eigenvalue weighted by atomic mass is 10.3. The number of anilines is 1. The number of nitrogens with one attached hydrogen (secondary N) is 1. The molecule has 2 aromatic heterocycles. The van der Waals surface area contributed by atoms with Crippen LogP contribution in [-0.2, 0) is 6.54 Å². The van der Waals surface area contributed by atoms with E-state index in [1.54, 1.807) is 12.3 Å². The van der Waals surface area contributed by atoms with E-state index in [1.807, 2.05) is 36.9 Å². The van der Waals surface area contributed by atoms with Gasteiger partial charge in [-0.15, -0.1) is 0 Å². The van der Waals surface area contributed by atoms with E-state index in [-0.39, 0.29) is 5.84 Å². The smallest absolute Gasteiger partial charge is 0.226 e. The van der Waals surface area contributed by atoms with Gasteiger partial charge in [-0.2, -0.15) is 0 Å². The van der Waals surface area contributed by atoms with Gasteiger partial charge in [-0.3, -0.25) is 10.4 Å². The van der Waals surface area contributed by atoms with Gasteiger partial charge in [0.1, 0.15) is 11.5 Å². The molecule has 0 radical (unpaired) electrons.